The third kappa shape index (κ3) is 4.93. The van der Waals surface area contributed by atoms with Crippen LogP contribution in [0.4, 0.5) is 5.00 Å². The molecule has 2 aromatic carbocycles. The van der Waals surface area contributed by atoms with Gasteiger partial charge in [-0.25, -0.2) is 4.79 Å². The molecule has 150 valence electrons. The fraction of sp³-hybridized carbons (Fsp3) is 0.250. The largest absolute Gasteiger partial charge is 0.465 e. The molecule has 1 heterocycles. The molecule has 1 aromatic heterocycles. The molecule has 0 aliphatic carbocycles. The van der Waals surface area contributed by atoms with Crippen molar-refractivity contribution in [2.75, 3.05) is 12.4 Å². The maximum atomic E-state index is 12.6. The molecule has 0 spiro atoms. The molecule has 0 saturated carbocycles. The zero-order valence-electron chi connectivity index (χ0n) is 17.2. The van der Waals surface area contributed by atoms with Crippen molar-refractivity contribution in [2.24, 2.45) is 0 Å². The number of thiophene rings is 1. The minimum Gasteiger partial charge on any atom is -0.465 e. The van der Waals surface area contributed by atoms with E-state index >= 15 is 0 Å². The van der Waals surface area contributed by atoms with E-state index in [9.17, 15) is 9.59 Å². The van der Waals surface area contributed by atoms with E-state index in [2.05, 4.69) is 5.32 Å². The van der Waals surface area contributed by atoms with Gasteiger partial charge in [0.25, 0.3) is 0 Å². The molecule has 0 bridgehead atoms. The van der Waals surface area contributed by atoms with Gasteiger partial charge in [-0.15, -0.1) is 11.3 Å². The summed E-state index contributed by atoms with van der Waals surface area (Å²) in [5, 5.41) is 3.47. The highest BCUT2D eigenvalue weighted by atomic mass is 32.1. The van der Waals surface area contributed by atoms with Gasteiger partial charge < -0.3 is 10.1 Å². The predicted octanol–water partition coefficient (Wildman–Crippen LogP) is 5.70. The number of amides is 1. The number of methoxy groups -OCH3 is 1. The van der Waals surface area contributed by atoms with E-state index in [0.717, 1.165) is 27.1 Å². The Morgan fingerprint density at radius 3 is 2.10 bits per heavy atom. The van der Waals surface area contributed by atoms with Crippen LogP contribution in [0.2, 0.25) is 0 Å². The van der Waals surface area contributed by atoms with Crippen LogP contribution in [0.1, 0.15) is 38.3 Å². The Kier molecular flexibility index (Phi) is 6.49. The minimum absolute atomic E-state index is 0.118. The highest BCUT2D eigenvalue weighted by Gasteiger charge is 2.25. The lowest BCUT2D eigenvalue weighted by Crippen LogP contribution is -2.14. The molecule has 0 atom stereocenters. The van der Waals surface area contributed by atoms with E-state index in [4.69, 9.17) is 4.74 Å². The second kappa shape index (κ2) is 9.05. The Bertz CT molecular complexity index is 1020. The van der Waals surface area contributed by atoms with Crippen molar-refractivity contribution in [1.82, 2.24) is 0 Å². The van der Waals surface area contributed by atoms with Gasteiger partial charge in [-0.1, -0.05) is 59.7 Å². The smallest absolute Gasteiger partial charge is 0.341 e. The number of esters is 1. The third-order valence-electron chi connectivity index (χ3n) is 4.83. The van der Waals surface area contributed by atoms with Crippen molar-refractivity contribution >= 4 is 28.2 Å². The summed E-state index contributed by atoms with van der Waals surface area (Å²) in [6.45, 7) is 6.01. The van der Waals surface area contributed by atoms with Crippen molar-refractivity contribution in [1.29, 1.82) is 0 Å². The maximum absolute atomic E-state index is 12.6. The molecule has 0 aliphatic rings. The molecule has 4 nitrogen and oxygen atoms in total. The van der Waals surface area contributed by atoms with Crippen LogP contribution in [-0.2, 0) is 16.0 Å². The fourth-order valence-electron chi connectivity index (χ4n) is 3.20. The van der Waals surface area contributed by atoms with Crippen molar-refractivity contribution < 1.29 is 14.3 Å². The summed E-state index contributed by atoms with van der Waals surface area (Å²) in [5.41, 5.74) is 5.62. The first-order valence-electron chi connectivity index (χ1n) is 9.53. The van der Waals surface area contributed by atoms with Crippen LogP contribution in [0.5, 0.6) is 0 Å². The zero-order valence-corrected chi connectivity index (χ0v) is 18.0. The number of aryl methyl sites for hydroxylation is 4. The summed E-state index contributed by atoms with van der Waals surface area (Å²) in [5.74, 6) is -0.564. The van der Waals surface area contributed by atoms with E-state index in [1.165, 1.54) is 24.0 Å². The summed E-state index contributed by atoms with van der Waals surface area (Å²) in [4.78, 5) is 26.1. The monoisotopic (exact) mass is 407 g/mol. The number of carbonyl (C=O) groups is 2. The molecule has 0 radical (unpaired) electrons. The van der Waals surface area contributed by atoms with E-state index in [1.807, 2.05) is 69.3 Å². The Labute approximate surface area is 175 Å². The number of carbonyl (C=O) groups excluding carboxylic acids is 2. The quantitative estimate of drug-likeness (QED) is 0.533. The lowest BCUT2D eigenvalue weighted by Gasteiger charge is -2.09. The number of benzene rings is 2. The number of rotatable bonds is 6. The van der Waals surface area contributed by atoms with E-state index in [-0.39, 0.29) is 5.91 Å². The number of nitrogens with one attached hydrogen (secondary N) is 1. The lowest BCUT2D eigenvalue weighted by atomic mass is 10.0. The summed E-state index contributed by atoms with van der Waals surface area (Å²) in [6.07, 6.45) is 0.995. The molecular weight excluding hydrogens is 382 g/mol. The van der Waals surface area contributed by atoms with Crippen LogP contribution < -0.4 is 5.32 Å². The van der Waals surface area contributed by atoms with Gasteiger partial charge in [0.1, 0.15) is 10.6 Å². The van der Waals surface area contributed by atoms with Crippen LogP contribution in [0.25, 0.3) is 11.1 Å². The van der Waals surface area contributed by atoms with E-state index in [0.29, 0.717) is 23.4 Å². The van der Waals surface area contributed by atoms with Gasteiger partial charge in [-0.2, -0.15) is 0 Å². The van der Waals surface area contributed by atoms with E-state index < -0.39 is 5.97 Å². The van der Waals surface area contributed by atoms with Crippen LogP contribution in [0.3, 0.4) is 0 Å². The number of anilines is 1. The van der Waals surface area contributed by atoms with Crippen LogP contribution in [0, 0.1) is 20.8 Å². The summed E-state index contributed by atoms with van der Waals surface area (Å²) >= 11 is 1.40. The SMILES string of the molecule is COC(=O)c1c(NC(=O)CCc2ccc(C)cc2)sc(C)c1-c1ccc(C)cc1. The van der Waals surface area contributed by atoms with Crippen molar-refractivity contribution in [3.8, 4) is 11.1 Å². The molecule has 1 N–H and O–H groups in total. The van der Waals surface area contributed by atoms with Crippen molar-refractivity contribution in [2.45, 2.75) is 33.6 Å². The minimum atomic E-state index is -0.446. The van der Waals surface area contributed by atoms with Gasteiger partial charge in [0.2, 0.25) is 5.91 Å². The zero-order chi connectivity index (χ0) is 21.0. The summed E-state index contributed by atoms with van der Waals surface area (Å²) < 4.78 is 5.01. The topological polar surface area (TPSA) is 55.4 Å². The Hall–Kier alpha value is -2.92. The molecule has 1 amide bonds. The van der Waals surface area contributed by atoms with Gasteiger partial charge in [0.05, 0.1) is 7.11 Å². The van der Waals surface area contributed by atoms with Gasteiger partial charge in [0, 0.05) is 16.9 Å². The first kappa shape index (κ1) is 20.8. The van der Waals surface area contributed by atoms with E-state index in [1.54, 1.807) is 0 Å². The molecule has 0 fully saturated rings. The molecular formula is C24H25NO3S. The molecule has 0 aliphatic heterocycles. The van der Waals surface area contributed by atoms with Crippen molar-refractivity contribution in [3.63, 3.8) is 0 Å². The molecule has 3 aromatic rings. The van der Waals surface area contributed by atoms with Gasteiger partial charge in [-0.05, 0) is 38.3 Å². The van der Waals surface area contributed by atoms with Crippen LogP contribution >= 0.6 is 11.3 Å². The summed E-state index contributed by atoms with van der Waals surface area (Å²) in [6, 6.07) is 16.1. The second-order valence-electron chi connectivity index (χ2n) is 7.13. The number of ether oxygens (including phenoxy) is 1. The average Bonchev–Trinajstić information content (AvgIpc) is 3.03. The highest BCUT2D eigenvalue weighted by Crippen LogP contribution is 2.40. The molecule has 5 heteroatoms. The van der Waals surface area contributed by atoms with Gasteiger partial charge in [0.15, 0.2) is 0 Å². The Morgan fingerprint density at radius 2 is 1.52 bits per heavy atom. The third-order valence-corrected chi connectivity index (χ3v) is 5.85. The van der Waals surface area contributed by atoms with Gasteiger partial charge in [-0.3, -0.25) is 4.79 Å². The molecule has 0 unspecified atom stereocenters. The predicted molar refractivity (Wildman–Crippen MR) is 119 cm³/mol. The van der Waals surface area contributed by atoms with Crippen molar-refractivity contribution in [3.05, 3.63) is 75.7 Å². The maximum Gasteiger partial charge on any atom is 0.341 e. The average molecular weight is 408 g/mol. The normalized spacial score (nSPS) is 10.6. The molecule has 29 heavy (non-hydrogen) atoms. The first-order chi connectivity index (χ1) is 13.9. The highest BCUT2D eigenvalue weighted by molar-refractivity contribution is 7.17. The fourth-order valence-corrected chi connectivity index (χ4v) is 4.28. The molecule has 0 saturated heterocycles. The second-order valence-corrected chi connectivity index (χ2v) is 8.35. The van der Waals surface area contributed by atoms with Crippen LogP contribution in [-0.4, -0.2) is 19.0 Å². The number of hydrogen-bond donors (Lipinski definition) is 1. The lowest BCUT2D eigenvalue weighted by molar-refractivity contribution is -0.116. The Balaban J connectivity index is 1.83. The summed E-state index contributed by atoms with van der Waals surface area (Å²) in [7, 11) is 1.36. The standard InChI is InChI=1S/C24H25NO3S/c1-15-5-9-18(10-6-15)11-14-20(26)25-23-22(24(27)28-4)21(17(3)29-23)19-12-7-16(2)8-13-19/h5-10,12-13H,11,14H2,1-4H3,(H,25,26). The Morgan fingerprint density at radius 1 is 0.931 bits per heavy atom. The van der Waals surface area contributed by atoms with Gasteiger partial charge >= 0.3 is 5.97 Å². The number of hydrogen-bond acceptors (Lipinski definition) is 4. The first-order valence-corrected chi connectivity index (χ1v) is 10.3. The van der Waals surface area contributed by atoms with Crippen LogP contribution in [0.15, 0.2) is 48.5 Å². The molecule has 3 rings (SSSR count).